The van der Waals surface area contributed by atoms with Crippen LogP contribution in [-0.4, -0.2) is 36.6 Å². The molecule has 2 rings (SSSR count). The smallest absolute Gasteiger partial charge is 0.254 e. The van der Waals surface area contributed by atoms with Crippen LogP contribution in [0.5, 0.6) is 0 Å². The monoisotopic (exact) mass is 246 g/mol. The van der Waals surface area contributed by atoms with Gasteiger partial charge in [-0.1, -0.05) is 0 Å². The van der Waals surface area contributed by atoms with Crippen molar-refractivity contribution in [3.63, 3.8) is 0 Å². The summed E-state index contributed by atoms with van der Waals surface area (Å²) in [4.78, 5) is 13.8. The highest BCUT2D eigenvalue weighted by Crippen LogP contribution is 2.17. The summed E-state index contributed by atoms with van der Waals surface area (Å²) in [7, 11) is 0. The van der Waals surface area contributed by atoms with Gasteiger partial charge in [0.25, 0.3) is 5.91 Å². The van der Waals surface area contributed by atoms with Crippen LogP contribution in [0.4, 0.5) is 11.4 Å². The minimum Gasteiger partial charge on any atom is -0.399 e. The fourth-order valence-electron chi connectivity index (χ4n) is 1.89. The minimum atomic E-state index is -0.568. The summed E-state index contributed by atoms with van der Waals surface area (Å²) in [6.45, 7) is 1.09. The topological polar surface area (TPSA) is 105 Å². The molecule has 1 aromatic carbocycles. The molecule has 0 spiro atoms. The number of hydrogen-bond acceptors (Lipinski definition) is 5. The summed E-state index contributed by atoms with van der Waals surface area (Å²) in [6, 6.07) is 6.75. The first-order chi connectivity index (χ1) is 8.60. The molecule has 1 unspecified atom stereocenters. The van der Waals surface area contributed by atoms with Crippen LogP contribution >= 0.6 is 0 Å². The third-order valence-electron chi connectivity index (χ3n) is 2.72. The highest BCUT2D eigenvalue weighted by atomic mass is 16.5. The van der Waals surface area contributed by atoms with E-state index in [0.717, 1.165) is 0 Å². The van der Waals surface area contributed by atoms with Gasteiger partial charge in [0.1, 0.15) is 0 Å². The largest absolute Gasteiger partial charge is 0.399 e. The summed E-state index contributed by atoms with van der Waals surface area (Å²) in [5.74, 6) is -0.183. The van der Waals surface area contributed by atoms with Crippen molar-refractivity contribution in [2.75, 3.05) is 31.2 Å². The van der Waals surface area contributed by atoms with E-state index in [1.165, 1.54) is 0 Å². The zero-order chi connectivity index (χ0) is 13.1. The first kappa shape index (κ1) is 12.2. The van der Waals surface area contributed by atoms with Gasteiger partial charge in [0.15, 0.2) is 6.10 Å². The number of anilines is 2. The van der Waals surface area contributed by atoms with Crippen LogP contribution in [0.15, 0.2) is 18.2 Å². The number of carbonyl (C=O) groups excluding carboxylic acids is 1. The third kappa shape index (κ3) is 2.52. The van der Waals surface area contributed by atoms with E-state index in [1.807, 2.05) is 6.07 Å². The molecule has 0 bridgehead atoms. The number of morpholine rings is 1. The van der Waals surface area contributed by atoms with Crippen LogP contribution in [-0.2, 0) is 4.74 Å². The number of hydrogen-bond donors (Lipinski definition) is 2. The predicted octanol–water partition coefficient (Wildman–Crippen LogP) is 0.216. The number of nitriles is 1. The number of nitrogens with zero attached hydrogens (tertiary/aromatic N) is 2. The highest BCUT2D eigenvalue weighted by Gasteiger charge is 2.25. The van der Waals surface area contributed by atoms with Crippen molar-refractivity contribution in [3.05, 3.63) is 23.8 Å². The molecule has 1 aliphatic heterocycles. The lowest BCUT2D eigenvalue weighted by molar-refractivity contribution is 0.00347. The van der Waals surface area contributed by atoms with Crippen molar-refractivity contribution >= 4 is 17.3 Å². The van der Waals surface area contributed by atoms with Crippen LogP contribution in [0.1, 0.15) is 10.4 Å². The third-order valence-corrected chi connectivity index (χ3v) is 2.72. The standard InChI is InChI=1S/C12H14N4O2/c13-6-11-7-16(1-2-18-11)12(17)8-3-9(14)5-10(15)4-8/h3-5,11H,1-2,7,14-15H2. The molecule has 1 amide bonds. The average Bonchev–Trinajstić information content (AvgIpc) is 2.37. The molecule has 1 saturated heterocycles. The molecule has 0 saturated carbocycles. The second-order valence-corrected chi connectivity index (χ2v) is 4.13. The summed E-state index contributed by atoms with van der Waals surface area (Å²) >= 11 is 0. The fraction of sp³-hybridized carbons (Fsp3) is 0.333. The second-order valence-electron chi connectivity index (χ2n) is 4.13. The van der Waals surface area contributed by atoms with E-state index in [2.05, 4.69) is 0 Å². The molecular weight excluding hydrogens is 232 g/mol. The molecule has 1 aromatic rings. The van der Waals surface area contributed by atoms with Gasteiger partial charge in [0.2, 0.25) is 0 Å². The Morgan fingerprint density at radius 2 is 2.06 bits per heavy atom. The summed E-state index contributed by atoms with van der Waals surface area (Å²) in [5.41, 5.74) is 12.6. The second kappa shape index (κ2) is 4.94. The van der Waals surface area contributed by atoms with Gasteiger partial charge in [-0.25, -0.2) is 0 Å². The van der Waals surface area contributed by atoms with Crippen LogP contribution in [0.2, 0.25) is 0 Å². The van der Waals surface area contributed by atoms with Gasteiger partial charge in [0.05, 0.1) is 19.2 Å². The van der Waals surface area contributed by atoms with Gasteiger partial charge in [-0.2, -0.15) is 5.26 Å². The van der Waals surface area contributed by atoms with Gasteiger partial charge in [-0.3, -0.25) is 4.79 Å². The lowest BCUT2D eigenvalue weighted by Crippen LogP contribution is -2.45. The molecule has 1 heterocycles. The lowest BCUT2D eigenvalue weighted by Gasteiger charge is -2.29. The van der Waals surface area contributed by atoms with E-state index in [1.54, 1.807) is 23.1 Å². The molecule has 1 fully saturated rings. The van der Waals surface area contributed by atoms with Crippen LogP contribution < -0.4 is 11.5 Å². The van der Waals surface area contributed by atoms with E-state index < -0.39 is 6.10 Å². The first-order valence-electron chi connectivity index (χ1n) is 5.56. The number of amides is 1. The molecule has 6 nitrogen and oxygen atoms in total. The predicted molar refractivity (Wildman–Crippen MR) is 66.5 cm³/mol. The quantitative estimate of drug-likeness (QED) is 0.689. The van der Waals surface area contributed by atoms with E-state index in [0.29, 0.717) is 30.1 Å². The van der Waals surface area contributed by atoms with Crippen molar-refractivity contribution in [1.29, 1.82) is 5.26 Å². The number of benzene rings is 1. The number of nitrogen functional groups attached to an aromatic ring is 2. The Hall–Kier alpha value is -2.26. The van der Waals surface area contributed by atoms with Gasteiger partial charge in [-0.15, -0.1) is 0 Å². The Labute approximate surface area is 105 Å². The molecule has 0 aliphatic carbocycles. The zero-order valence-electron chi connectivity index (χ0n) is 9.80. The van der Waals surface area contributed by atoms with E-state index >= 15 is 0 Å². The van der Waals surface area contributed by atoms with E-state index in [9.17, 15) is 4.79 Å². The Balaban J connectivity index is 2.18. The van der Waals surface area contributed by atoms with Gasteiger partial charge >= 0.3 is 0 Å². The molecule has 18 heavy (non-hydrogen) atoms. The molecule has 1 atom stereocenters. The van der Waals surface area contributed by atoms with Gasteiger partial charge in [-0.05, 0) is 18.2 Å². The number of ether oxygens (including phenoxy) is 1. The normalized spacial score (nSPS) is 19.3. The zero-order valence-corrected chi connectivity index (χ0v) is 9.80. The van der Waals surface area contributed by atoms with Crippen molar-refractivity contribution in [2.45, 2.75) is 6.10 Å². The number of rotatable bonds is 1. The lowest BCUT2D eigenvalue weighted by atomic mass is 10.1. The Kier molecular flexibility index (Phi) is 3.35. The van der Waals surface area contributed by atoms with Crippen LogP contribution in [0, 0.1) is 11.3 Å². The molecular formula is C12H14N4O2. The summed E-state index contributed by atoms with van der Waals surface area (Å²) in [6.07, 6.45) is -0.568. The number of nitrogens with two attached hydrogens (primary N) is 2. The Morgan fingerprint density at radius 3 is 2.67 bits per heavy atom. The molecule has 0 radical (unpaired) electrons. The first-order valence-corrected chi connectivity index (χ1v) is 5.56. The van der Waals surface area contributed by atoms with Crippen molar-refractivity contribution in [2.24, 2.45) is 0 Å². The Bertz CT molecular complexity index is 489. The Morgan fingerprint density at radius 1 is 1.39 bits per heavy atom. The van der Waals surface area contributed by atoms with Crippen molar-refractivity contribution in [3.8, 4) is 6.07 Å². The maximum absolute atomic E-state index is 12.2. The summed E-state index contributed by atoms with van der Waals surface area (Å²) < 4.78 is 5.19. The molecule has 6 heteroatoms. The van der Waals surface area contributed by atoms with Crippen molar-refractivity contribution in [1.82, 2.24) is 4.90 Å². The molecule has 1 aliphatic rings. The number of carbonyl (C=O) groups is 1. The van der Waals surface area contributed by atoms with E-state index in [-0.39, 0.29) is 12.5 Å². The average molecular weight is 246 g/mol. The van der Waals surface area contributed by atoms with E-state index in [4.69, 9.17) is 21.5 Å². The maximum atomic E-state index is 12.2. The minimum absolute atomic E-state index is 0.183. The molecule has 0 aromatic heterocycles. The fourth-order valence-corrected chi connectivity index (χ4v) is 1.89. The van der Waals surface area contributed by atoms with Crippen LogP contribution in [0.3, 0.4) is 0 Å². The SMILES string of the molecule is N#CC1CN(C(=O)c2cc(N)cc(N)c2)CCO1. The molecule has 4 N–H and O–H groups in total. The van der Waals surface area contributed by atoms with Crippen molar-refractivity contribution < 1.29 is 9.53 Å². The summed E-state index contributed by atoms with van der Waals surface area (Å²) in [5, 5.41) is 8.80. The van der Waals surface area contributed by atoms with Gasteiger partial charge < -0.3 is 21.1 Å². The molecule has 94 valence electrons. The van der Waals surface area contributed by atoms with Crippen LogP contribution in [0.25, 0.3) is 0 Å². The maximum Gasteiger partial charge on any atom is 0.254 e. The highest BCUT2D eigenvalue weighted by molar-refractivity contribution is 5.96. The van der Waals surface area contributed by atoms with Gasteiger partial charge in [0, 0.05) is 23.5 Å².